The van der Waals surface area contributed by atoms with Gasteiger partial charge in [0.2, 0.25) is 5.91 Å². The zero-order chi connectivity index (χ0) is 12.3. The molecule has 7 nitrogen and oxygen atoms in total. The highest BCUT2D eigenvalue weighted by molar-refractivity contribution is 5.79. The molecule has 0 unspecified atom stereocenters. The predicted molar refractivity (Wildman–Crippen MR) is 55.6 cm³/mol. The Morgan fingerprint density at radius 3 is 2.69 bits per heavy atom. The fourth-order valence-electron chi connectivity index (χ4n) is 1.20. The van der Waals surface area contributed by atoms with Crippen LogP contribution in [0.3, 0.4) is 0 Å². The average molecular weight is 225 g/mol. The van der Waals surface area contributed by atoms with Crippen molar-refractivity contribution in [3.8, 4) is 5.75 Å². The SMILES string of the molecule is NC(=O)[C@@H](N)Cc1ccc(O)c([N+](=O)[O-])c1. The van der Waals surface area contributed by atoms with Crippen LogP contribution in [0.4, 0.5) is 5.69 Å². The van der Waals surface area contributed by atoms with E-state index in [4.69, 9.17) is 11.5 Å². The molecule has 1 amide bonds. The van der Waals surface area contributed by atoms with Gasteiger partial charge < -0.3 is 16.6 Å². The smallest absolute Gasteiger partial charge is 0.310 e. The number of amides is 1. The largest absolute Gasteiger partial charge is 0.502 e. The van der Waals surface area contributed by atoms with Gasteiger partial charge in [-0.3, -0.25) is 14.9 Å². The van der Waals surface area contributed by atoms with Crippen LogP contribution in [-0.2, 0) is 11.2 Å². The normalized spacial score (nSPS) is 12.1. The summed E-state index contributed by atoms with van der Waals surface area (Å²) >= 11 is 0. The molecular formula is C9H11N3O4. The third-order valence-corrected chi connectivity index (χ3v) is 2.06. The molecular weight excluding hydrogens is 214 g/mol. The molecule has 0 radical (unpaired) electrons. The van der Waals surface area contributed by atoms with Gasteiger partial charge in [-0.1, -0.05) is 6.07 Å². The molecule has 0 aliphatic rings. The molecule has 0 fully saturated rings. The highest BCUT2D eigenvalue weighted by atomic mass is 16.6. The second-order valence-corrected chi connectivity index (χ2v) is 3.29. The van der Waals surface area contributed by atoms with Crippen molar-refractivity contribution in [2.75, 3.05) is 0 Å². The molecule has 0 saturated carbocycles. The van der Waals surface area contributed by atoms with Crippen LogP contribution in [-0.4, -0.2) is 22.0 Å². The number of phenolic OH excluding ortho intramolecular Hbond substituents is 1. The van der Waals surface area contributed by atoms with Crippen LogP contribution in [0, 0.1) is 10.1 Å². The third-order valence-electron chi connectivity index (χ3n) is 2.06. The number of carbonyl (C=O) groups is 1. The maximum Gasteiger partial charge on any atom is 0.310 e. The minimum absolute atomic E-state index is 0.0937. The lowest BCUT2D eigenvalue weighted by molar-refractivity contribution is -0.385. The second kappa shape index (κ2) is 4.58. The highest BCUT2D eigenvalue weighted by Crippen LogP contribution is 2.26. The molecule has 16 heavy (non-hydrogen) atoms. The van der Waals surface area contributed by atoms with Crippen LogP contribution in [0.1, 0.15) is 5.56 Å². The lowest BCUT2D eigenvalue weighted by atomic mass is 10.1. The topological polar surface area (TPSA) is 132 Å². The molecule has 1 atom stereocenters. The van der Waals surface area contributed by atoms with E-state index in [2.05, 4.69) is 0 Å². The van der Waals surface area contributed by atoms with E-state index >= 15 is 0 Å². The van der Waals surface area contributed by atoms with Gasteiger partial charge in [-0.15, -0.1) is 0 Å². The molecule has 86 valence electrons. The van der Waals surface area contributed by atoms with Crippen molar-refractivity contribution >= 4 is 11.6 Å². The summed E-state index contributed by atoms with van der Waals surface area (Å²) in [5, 5.41) is 19.7. The van der Waals surface area contributed by atoms with E-state index in [1.165, 1.54) is 12.1 Å². The van der Waals surface area contributed by atoms with Crippen molar-refractivity contribution in [3.05, 3.63) is 33.9 Å². The monoisotopic (exact) mass is 225 g/mol. The van der Waals surface area contributed by atoms with Crippen molar-refractivity contribution in [2.24, 2.45) is 11.5 Å². The zero-order valence-electron chi connectivity index (χ0n) is 8.29. The van der Waals surface area contributed by atoms with Gasteiger partial charge in [-0.2, -0.15) is 0 Å². The summed E-state index contributed by atoms with van der Waals surface area (Å²) in [6.45, 7) is 0. The summed E-state index contributed by atoms with van der Waals surface area (Å²) in [6, 6.07) is 2.90. The first kappa shape index (κ1) is 11.9. The molecule has 1 aromatic carbocycles. The number of nitro benzene ring substituents is 1. The molecule has 1 aromatic rings. The van der Waals surface area contributed by atoms with Gasteiger partial charge in [-0.05, 0) is 18.1 Å². The number of rotatable bonds is 4. The molecule has 1 rings (SSSR count). The molecule has 0 aliphatic heterocycles. The van der Waals surface area contributed by atoms with Crippen LogP contribution in [0.2, 0.25) is 0 Å². The van der Waals surface area contributed by atoms with E-state index in [0.717, 1.165) is 6.07 Å². The molecule has 0 saturated heterocycles. The Kier molecular flexibility index (Phi) is 3.41. The summed E-state index contributed by atoms with van der Waals surface area (Å²) in [4.78, 5) is 20.5. The Morgan fingerprint density at radius 2 is 2.19 bits per heavy atom. The number of aromatic hydroxyl groups is 1. The Labute approximate surface area is 90.8 Å². The van der Waals surface area contributed by atoms with E-state index in [1.54, 1.807) is 0 Å². The second-order valence-electron chi connectivity index (χ2n) is 3.29. The van der Waals surface area contributed by atoms with Gasteiger partial charge in [0.1, 0.15) is 0 Å². The Hall–Kier alpha value is -2.15. The Bertz CT molecular complexity index is 433. The molecule has 7 heteroatoms. The van der Waals surface area contributed by atoms with Crippen LogP contribution in [0.5, 0.6) is 5.75 Å². The minimum atomic E-state index is -0.899. The molecule has 0 bridgehead atoms. The lowest BCUT2D eigenvalue weighted by Crippen LogP contribution is -2.38. The number of benzene rings is 1. The number of carbonyl (C=O) groups excluding carboxylic acids is 1. The molecule has 0 heterocycles. The number of nitrogens with two attached hydrogens (primary N) is 2. The predicted octanol–water partition coefficient (Wildman–Crippen LogP) is -0.344. The molecule has 5 N–H and O–H groups in total. The van der Waals surface area contributed by atoms with Crippen molar-refractivity contribution < 1.29 is 14.8 Å². The van der Waals surface area contributed by atoms with Gasteiger partial charge >= 0.3 is 5.69 Å². The van der Waals surface area contributed by atoms with Crippen LogP contribution >= 0.6 is 0 Å². The average Bonchev–Trinajstić information content (AvgIpc) is 2.20. The van der Waals surface area contributed by atoms with E-state index < -0.39 is 28.3 Å². The number of phenols is 1. The summed E-state index contributed by atoms with van der Waals surface area (Å²) < 4.78 is 0. The minimum Gasteiger partial charge on any atom is -0.502 e. The van der Waals surface area contributed by atoms with Gasteiger partial charge in [-0.25, -0.2) is 0 Å². The van der Waals surface area contributed by atoms with Gasteiger partial charge in [0.05, 0.1) is 11.0 Å². The summed E-state index contributed by atoms with van der Waals surface area (Å²) in [5.74, 6) is -1.11. The van der Waals surface area contributed by atoms with Crippen molar-refractivity contribution in [1.29, 1.82) is 0 Å². The summed E-state index contributed by atoms with van der Waals surface area (Å²) in [5.41, 5.74) is 10.4. The first-order valence-corrected chi connectivity index (χ1v) is 4.43. The number of hydrogen-bond donors (Lipinski definition) is 3. The first-order valence-electron chi connectivity index (χ1n) is 4.43. The van der Waals surface area contributed by atoms with Crippen molar-refractivity contribution in [1.82, 2.24) is 0 Å². The van der Waals surface area contributed by atoms with Gasteiger partial charge in [0.25, 0.3) is 0 Å². The summed E-state index contributed by atoms with van der Waals surface area (Å²) in [7, 11) is 0. The molecule has 0 aromatic heterocycles. The first-order chi connectivity index (χ1) is 7.41. The molecule has 0 aliphatic carbocycles. The maximum atomic E-state index is 10.7. The van der Waals surface area contributed by atoms with E-state index in [9.17, 15) is 20.0 Å². The molecule has 0 spiro atoms. The lowest BCUT2D eigenvalue weighted by Gasteiger charge is -2.07. The number of hydrogen-bond acceptors (Lipinski definition) is 5. The Morgan fingerprint density at radius 1 is 1.56 bits per heavy atom. The van der Waals surface area contributed by atoms with E-state index in [-0.39, 0.29) is 6.42 Å². The fraction of sp³-hybridized carbons (Fsp3) is 0.222. The number of nitro groups is 1. The van der Waals surface area contributed by atoms with Crippen molar-refractivity contribution in [3.63, 3.8) is 0 Å². The highest BCUT2D eigenvalue weighted by Gasteiger charge is 2.16. The number of nitrogens with zero attached hydrogens (tertiary/aromatic N) is 1. The zero-order valence-corrected chi connectivity index (χ0v) is 8.29. The standard InChI is InChI=1S/C9H11N3O4/c10-6(9(11)14)3-5-1-2-8(13)7(4-5)12(15)16/h1-2,4,6,13H,3,10H2,(H2,11,14)/t6-/m0/s1. The summed E-state index contributed by atoms with van der Waals surface area (Å²) in [6.07, 6.45) is 0.0937. The van der Waals surface area contributed by atoms with E-state index in [0.29, 0.717) is 5.56 Å². The van der Waals surface area contributed by atoms with Gasteiger partial charge in [0.15, 0.2) is 5.75 Å². The van der Waals surface area contributed by atoms with Crippen molar-refractivity contribution in [2.45, 2.75) is 12.5 Å². The van der Waals surface area contributed by atoms with E-state index in [1.807, 2.05) is 0 Å². The van der Waals surface area contributed by atoms with Crippen LogP contribution < -0.4 is 11.5 Å². The maximum absolute atomic E-state index is 10.7. The quantitative estimate of drug-likeness (QED) is 0.476. The number of primary amides is 1. The third kappa shape index (κ3) is 2.67. The Balaban J connectivity index is 2.95. The fourth-order valence-corrected chi connectivity index (χ4v) is 1.20. The van der Waals surface area contributed by atoms with Crippen LogP contribution in [0.25, 0.3) is 0 Å². The van der Waals surface area contributed by atoms with Crippen LogP contribution in [0.15, 0.2) is 18.2 Å². The van der Waals surface area contributed by atoms with Gasteiger partial charge in [0, 0.05) is 6.07 Å².